The molecule has 2 aliphatic carbocycles. The monoisotopic (exact) mass is 823 g/mol. The molecule has 0 spiro atoms. The van der Waals surface area contributed by atoms with Gasteiger partial charge in [-0.1, -0.05) is 167 Å². The van der Waals surface area contributed by atoms with Crippen molar-refractivity contribution in [3.8, 4) is 44.5 Å². The Hall–Kier alpha value is -7.48. The molecule has 0 amide bonds. The fourth-order valence-electron chi connectivity index (χ4n) is 10.4. The molecule has 0 bridgehead atoms. The van der Waals surface area contributed by atoms with Crippen molar-refractivity contribution in [1.29, 1.82) is 0 Å². The highest BCUT2D eigenvalue weighted by Crippen LogP contribution is 2.55. The fourth-order valence-corrected chi connectivity index (χ4v) is 10.4. The van der Waals surface area contributed by atoms with Gasteiger partial charge in [-0.2, -0.15) is 0 Å². The Morgan fingerprint density at radius 1 is 0.547 bits per heavy atom. The van der Waals surface area contributed by atoms with E-state index in [1.165, 1.54) is 94.2 Å². The summed E-state index contributed by atoms with van der Waals surface area (Å²) >= 11 is 0. The van der Waals surface area contributed by atoms with E-state index in [4.69, 9.17) is 0 Å². The number of fused-ring (bicyclic) bond motifs is 8. The summed E-state index contributed by atoms with van der Waals surface area (Å²) in [6, 6.07) is 57.0. The third-order valence-electron chi connectivity index (χ3n) is 13.7. The van der Waals surface area contributed by atoms with Gasteiger partial charge in [0.15, 0.2) is 0 Å². The molecule has 0 radical (unpaired) electrons. The Bertz CT molecular complexity index is 3300. The van der Waals surface area contributed by atoms with Crippen molar-refractivity contribution in [2.75, 3.05) is 4.90 Å². The molecule has 8 aromatic carbocycles. The molecule has 0 saturated heterocycles. The van der Waals surface area contributed by atoms with Crippen molar-refractivity contribution >= 4 is 45.6 Å². The lowest BCUT2D eigenvalue weighted by Crippen LogP contribution is -2.17. The van der Waals surface area contributed by atoms with Gasteiger partial charge in [0.25, 0.3) is 0 Å². The number of anilines is 3. The minimum atomic E-state index is -0.267. The van der Waals surface area contributed by atoms with Gasteiger partial charge in [0, 0.05) is 22.5 Å². The van der Waals surface area contributed by atoms with Crippen LogP contribution in [0.1, 0.15) is 72.2 Å². The third-order valence-corrected chi connectivity index (χ3v) is 13.7. The predicted octanol–water partition coefficient (Wildman–Crippen LogP) is 17.7. The first kappa shape index (κ1) is 40.6. The first-order chi connectivity index (χ1) is 31.1. The molecular formula is C63H53N. The van der Waals surface area contributed by atoms with Crippen LogP contribution in [0, 0.1) is 6.92 Å². The minimum Gasteiger partial charge on any atom is -0.310 e. The van der Waals surface area contributed by atoms with Crippen molar-refractivity contribution in [3.63, 3.8) is 0 Å². The summed E-state index contributed by atoms with van der Waals surface area (Å²) in [6.45, 7) is 23.4. The van der Waals surface area contributed by atoms with E-state index in [1.54, 1.807) is 0 Å². The molecule has 0 saturated carbocycles. The minimum absolute atomic E-state index is 0.267. The van der Waals surface area contributed by atoms with Crippen molar-refractivity contribution in [1.82, 2.24) is 0 Å². The van der Waals surface area contributed by atoms with E-state index in [-0.39, 0.29) is 5.41 Å². The zero-order valence-corrected chi connectivity index (χ0v) is 37.6. The summed E-state index contributed by atoms with van der Waals surface area (Å²) < 4.78 is 0. The molecule has 0 N–H and O–H groups in total. The quantitative estimate of drug-likeness (QED) is 0.124. The largest absolute Gasteiger partial charge is 0.310 e. The fraction of sp³-hybridized carbons (Fsp3) is 0.111. The van der Waals surface area contributed by atoms with Crippen LogP contribution in [-0.4, -0.2) is 0 Å². The number of rotatable bonds is 10. The molecule has 0 heterocycles. The van der Waals surface area contributed by atoms with Crippen LogP contribution in [0.4, 0.5) is 17.1 Å². The average Bonchev–Trinajstić information content (AvgIpc) is 3.80. The van der Waals surface area contributed by atoms with Gasteiger partial charge in [-0.05, 0) is 187 Å². The van der Waals surface area contributed by atoms with E-state index in [0.29, 0.717) is 0 Å². The topological polar surface area (TPSA) is 3.24 Å². The summed E-state index contributed by atoms with van der Waals surface area (Å²) in [5.41, 5.74) is 25.9. The second kappa shape index (κ2) is 16.0. The Morgan fingerprint density at radius 3 is 1.98 bits per heavy atom. The average molecular weight is 824 g/mol. The summed E-state index contributed by atoms with van der Waals surface area (Å²) in [5, 5.41) is 2.54. The molecule has 0 aromatic heterocycles. The number of hydrogen-bond donors (Lipinski definition) is 0. The van der Waals surface area contributed by atoms with Crippen LogP contribution >= 0.6 is 0 Å². The molecule has 0 atom stereocenters. The zero-order chi connectivity index (χ0) is 44.3. The highest BCUT2D eigenvalue weighted by atomic mass is 15.1. The highest BCUT2D eigenvalue weighted by molar-refractivity contribution is 6.09. The number of aryl methyl sites for hydroxylation is 1. The van der Waals surface area contributed by atoms with Gasteiger partial charge in [-0.15, -0.1) is 0 Å². The number of allylic oxidation sites excluding steroid dienone is 5. The Balaban J connectivity index is 1.11. The van der Waals surface area contributed by atoms with Crippen molar-refractivity contribution < 1.29 is 0 Å². The number of nitrogens with zero attached hydrogens (tertiary/aromatic N) is 1. The summed E-state index contributed by atoms with van der Waals surface area (Å²) in [7, 11) is 0. The van der Waals surface area contributed by atoms with Crippen LogP contribution in [0.15, 0.2) is 195 Å². The third kappa shape index (κ3) is 6.71. The lowest BCUT2D eigenvalue weighted by atomic mass is 9.80. The van der Waals surface area contributed by atoms with Gasteiger partial charge < -0.3 is 4.90 Å². The number of benzene rings is 8. The van der Waals surface area contributed by atoms with Crippen LogP contribution < -0.4 is 4.90 Å². The van der Waals surface area contributed by atoms with Gasteiger partial charge in [-0.25, -0.2) is 0 Å². The Labute approximate surface area is 379 Å². The first-order valence-electron chi connectivity index (χ1n) is 22.4. The molecule has 8 aromatic rings. The van der Waals surface area contributed by atoms with Crippen LogP contribution in [-0.2, 0) is 11.8 Å². The van der Waals surface area contributed by atoms with Crippen LogP contribution in [0.2, 0.25) is 0 Å². The molecule has 0 aliphatic heterocycles. The van der Waals surface area contributed by atoms with Crippen LogP contribution in [0.3, 0.4) is 0 Å². The maximum absolute atomic E-state index is 4.07. The van der Waals surface area contributed by atoms with E-state index in [2.05, 4.69) is 217 Å². The molecule has 64 heavy (non-hydrogen) atoms. The van der Waals surface area contributed by atoms with Gasteiger partial charge >= 0.3 is 0 Å². The molecule has 0 unspecified atom stereocenters. The zero-order valence-electron chi connectivity index (χ0n) is 37.6. The standard InChI is InChI=1S/C63H53N/c1-9-12-21-52(40(4)5)53-30-27-49(33-41(53)6)64(50-28-31-55-48(37-50)36-46-18-13-14-22-54(46)55)51-29-32-58-60(38-51)63(7,8)61-39-59(56-23-15-16-24-57(56)62(58)61)47-20-17-19-44(35-47)45-26-25-42(10-2)43(11-3)34-45/h9-35,37-39H,1-3,36H2,4-8H3/b21-12-. The van der Waals surface area contributed by atoms with Gasteiger partial charge in [-0.3, -0.25) is 0 Å². The Morgan fingerprint density at radius 2 is 1.22 bits per heavy atom. The van der Waals surface area contributed by atoms with Crippen LogP contribution in [0.25, 0.3) is 73.0 Å². The molecule has 310 valence electrons. The van der Waals surface area contributed by atoms with Gasteiger partial charge in [0.05, 0.1) is 0 Å². The van der Waals surface area contributed by atoms with Gasteiger partial charge in [0.1, 0.15) is 0 Å². The predicted molar refractivity (Wildman–Crippen MR) is 278 cm³/mol. The summed E-state index contributed by atoms with van der Waals surface area (Å²) in [6.07, 6.45) is 10.8. The first-order valence-corrected chi connectivity index (χ1v) is 22.4. The van der Waals surface area contributed by atoms with Crippen molar-refractivity contribution in [3.05, 3.63) is 240 Å². The normalized spacial score (nSPS) is 13.0. The van der Waals surface area contributed by atoms with E-state index < -0.39 is 0 Å². The van der Waals surface area contributed by atoms with Crippen molar-refractivity contribution in [2.45, 2.75) is 46.5 Å². The second-order valence-corrected chi connectivity index (χ2v) is 18.1. The molecule has 0 fully saturated rings. The van der Waals surface area contributed by atoms with Crippen molar-refractivity contribution in [2.24, 2.45) is 0 Å². The molecule has 1 heteroatoms. The highest BCUT2D eigenvalue weighted by Gasteiger charge is 2.38. The molecule has 10 rings (SSSR count). The van der Waals surface area contributed by atoms with Gasteiger partial charge in [0.2, 0.25) is 0 Å². The summed E-state index contributed by atoms with van der Waals surface area (Å²) in [5.74, 6) is 0. The Kier molecular flexibility index (Phi) is 10.2. The van der Waals surface area contributed by atoms with E-state index in [0.717, 1.165) is 40.2 Å². The number of hydrogen-bond acceptors (Lipinski definition) is 1. The maximum atomic E-state index is 4.07. The van der Waals surface area contributed by atoms with E-state index in [1.807, 2.05) is 24.3 Å². The molecule has 1 nitrogen and oxygen atoms in total. The lowest BCUT2D eigenvalue weighted by Gasteiger charge is -2.29. The summed E-state index contributed by atoms with van der Waals surface area (Å²) in [4.78, 5) is 2.47. The molecule has 2 aliphatic rings. The maximum Gasteiger partial charge on any atom is 0.0465 e. The lowest BCUT2D eigenvalue weighted by molar-refractivity contribution is 0.661. The second-order valence-electron chi connectivity index (χ2n) is 18.1. The smallest absolute Gasteiger partial charge is 0.0465 e. The molecular weight excluding hydrogens is 771 g/mol. The van der Waals surface area contributed by atoms with E-state index >= 15 is 0 Å². The SMILES string of the molecule is C=C/C=C\C(=C(C)C)c1ccc(N(c2ccc3c(c2)Cc2ccccc2-3)c2ccc3c(c2)C(C)(C)c2cc(-c4cccc(-c5ccc(C=C)c(C=C)c5)c4)c4ccccc4c2-3)cc1C. The van der Waals surface area contributed by atoms with Crippen LogP contribution in [0.5, 0.6) is 0 Å². The van der Waals surface area contributed by atoms with E-state index in [9.17, 15) is 0 Å².